The van der Waals surface area contributed by atoms with E-state index in [0.717, 1.165) is 21.9 Å². The van der Waals surface area contributed by atoms with E-state index in [-0.39, 0.29) is 12.4 Å². The maximum atomic E-state index is 10.7. The minimum absolute atomic E-state index is 0. The zero-order valence-electron chi connectivity index (χ0n) is 14.4. The molecule has 0 bridgehead atoms. The van der Waals surface area contributed by atoms with Crippen molar-refractivity contribution in [2.24, 2.45) is 5.73 Å². The first-order valence-corrected chi connectivity index (χ1v) is 8.62. The lowest BCUT2D eigenvalue weighted by Gasteiger charge is -2.22. The molecular weight excluding hydrogens is 342 g/mol. The van der Waals surface area contributed by atoms with E-state index < -0.39 is 12.1 Å². The van der Waals surface area contributed by atoms with Gasteiger partial charge in [0.05, 0.1) is 12.1 Å². The number of rotatable bonds is 4. The maximum Gasteiger partial charge on any atom is 0.0773 e. The summed E-state index contributed by atoms with van der Waals surface area (Å²) in [5.41, 5.74) is 8.58. The molecule has 3 heteroatoms. The van der Waals surface area contributed by atoms with Gasteiger partial charge in [0.2, 0.25) is 0 Å². The zero-order valence-corrected chi connectivity index (χ0v) is 15.2. The smallest absolute Gasteiger partial charge is 0.0773 e. The number of hydrogen-bond acceptors (Lipinski definition) is 2. The van der Waals surface area contributed by atoms with Crippen molar-refractivity contribution in [1.29, 1.82) is 0 Å². The number of nitrogens with two attached hydrogens (primary N) is 1. The van der Waals surface area contributed by atoms with Crippen LogP contribution >= 0.6 is 12.4 Å². The topological polar surface area (TPSA) is 46.2 Å². The summed E-state index contributed by atoms with van der Waals surface area (Å²) >= 11 is 0. The first-order valence-electron chi connectivity index (χ1n) is 8.62. The molecule has 2 nitrogen and oxygen atoms in total. The number of halogens is 1. The van der Waals surface area contributed by atoms with Crippen LogP contribution in [0.1, 0.15) is 17.2 Å². The van der Waals surface area contributed by atoms with Crippen molar-refractivity contribution >= 4 is 34.0 Å². The van der Waals surface area contributed by atoms with Gasteiger partial charge in [0.1, 0.15) is 0 Å². The highest BCUT2D eigenvalue weighted by molar-refractivity contribution is 6.09. The first kappa shape index (κ1) is 18.4. The zero-order chi connectivity index (χ0) is 17.2. The summed E-state index contributed by atoms with van der Waals surface area (Å²) in [7, 11) is 0. The van der Waals surface area contributed by atoms with Crippen molar-refractivity contribution in [3.63, 3.8) is 0 Å². The van der Waals surface area contributed by atoms with Crippen molar-refractivity contribution < 1.29 is 5.11 Å². The van der Waals surface area contributed by atoms with Gasteiger partial charge in [0.15, 0.2) is 0 Å². The molecule has 0 radical (unpaired) electrons. The third kappa shape index (κ3) is 3.45. The Morgan fingerprint density at radius 3 is 2.04 bits per heavy atom. The van der Waals surface area contributed by atoms with E-state index in [1.807, 2.05) is 48.5 Å². The standard InChI is InChI=1S/C23H21NO.ClH/c24-23(22(25)14-16-8-2-1-3-9-16)21-15-17-10-4-5-11-18(17)19-12-6-7-13-20(19)21;/h1-13,15,22-23,25H,14,24H2;1H/t22-,23+;/m0./s1. The molecule has 0 aromatic heterocycles. The van der Waals surface area contributed by atoms with Crippen LogP contribution in [-0.2, 0) is 6.42 Å². The summed E-state index contributed by atoms with van der Waals surface area (Å²) < 4.78 is 0. The molecule has 0 fully saturated rings. The van der Waals surface area contributed by atoms with E-state index in [0.29, 0.717) is 6.42 Å². The largest absolute Gasteiger partial charge is 0.391 e. The fourth-order valence-electron chi connectivity index (χ4n) is 3.55. The highest BCUT2D eigenvalue weighted by Gasteiger charge is 2.20. The molecular formula is C23H22ClNO. The van der Waals surface area contributed by atoms with Crippen LogP contribution in [0.2, 0.25) is 0 Å². The summed E-state index contributed by atoms with van der Waals surface area (Å²) in [6.07, 6.45) is -0.0876. The van der Waals surface area contributed by atoms with Crippen LogP contribution in [0.5, 0.6) is 0 Å². The van der Waals surface area contributed by atoms with Crippen molar-refractivity contribution in [3.8, 4) is 0 Å². The quantitative estimate of drug-likeness (QED) is 0.500. The van der Waals surface area contributed by atoms with Gasteiger partial charge in [-0.25, -0.2) is 0 Å². The number of aliphatic hydroxyl groups excluding tert-OH is 1. The van der Waals surface area contributed by atoms with Crippen LogP contribution in [-0.4, -0.2) is 11.2 Å². The highest BCUT2D eigenvalue weighted by atomic mass is 35.5. The van der Waals surface area contributed by atoms with Gasteiger partial charge in [0.25, 0.3) is 0 Å². The predicted molar refractivity (Wildman–Crippen MR) is 112 cm³/mol. The van der Waals surface area contributed by atoms with E-state index in [4.69, 9.17) is 5.73 Å². The molecule has 0 saturated carbocycles. The van der Waals surface area contributed by atoms with Crippen molar-refractivity contribution in [3.05, 3.63) is 96.1 Å². The molecule has 3 N–H and O–H groups in total. The third-order valence-electron chi connectivity index (χ3n) is 4.86. The second kappa shape index (κ2) is 7.88. The number of fused-ring (bicyclic) bond motifs is 3. The van der Waals surface area contributed by atoms with Crippen LogP contribution in [0.4, 0.5) is 0 Å². The summed E-state index contributed by atoms with van der Waals surface area (Å²) in [4.78, 5) is 0. The number of benzene rings is 4. The normalized spacial score (nSPS) is 13.3. The average Bonchev–Trinajstić information content (AvgIpc) is 2.67. The van der Waals surface area contributed by atoms with Gasteiger partial charge in [-0.15, -0.1) is 12.4 Å². The highest BCUT2D eigenvalue weighted by Crippen LogP contribution is 2.32. The monoisotopic (exact) mass is 363 g/mol. The van der Waals surface area contributed by atoms with Gasteiger partial charge in [-0.1, -0.05) is 78.9 Å². The third-order valence-corrected chi connectivity index (χ3v) is 4.86. The fourth-order valence-corrected chi connectivity index (χ4v) is 3.55. The Morgan fingerprint density at radius 1 is 0.731 bits per heavy atom. The van der Waals surface area contributed by atoms with Crippen LogP contribution in [0.3, 0.4) is 0 Å². The average molecular weight is 364 g/mol. The summed E-state index contributed by atoms with van der Waals surface area (Å²) in [5.74, 6) is 0. The van der Waals surface area contributed by atoms with Gasteiger partial charge < -0.3 is 10.8 Å². The number of hydrogen-bond donors (Lipinski definition) is 2. The lowest BCUT2D eigenvalue weighted by atomic mass is 9.90. The maximum absolute atomic E-state index is 10.7. The van der Waals surface area contributed by atoms with Gasteiger partial charge >= 0.3 is 0 Å². The minimum Gasteiger partial charge on any atom is -0.391 e. The van der Waals surface area contributed by atoms with E-state index >= 15 is 0 Å². The first-order chi connectivity index (χ1) is 12.2. The predicted octanol–water partition coefficient (Wildman–Crippen LogP) is 5.02. The molecule has 0 heterocycles. The van der Waals surface area contributed by atoms with Gasteiger partial charge in [-0.2, -0.15) is 0 Å². The fraction of sp³-hybridized carbons (Fsp3) is 0.130. The van der Waals surface area contributed by atoms with Crippen LogP contribution in [0, 0.1) is 0 Å². The van der Waals surface area contributed by atoms with Crippen molar-refractivity contribution in [2.45, 2.75) is 18.6 Å². The molecule has 132 valence electrons. The Labute approximate surface area is 159 Å². The molecule has 0 aliphatic heterocycles. The van der Waals surface area contributed by atoms with Crippen LogP contribution < -0.4 is 5.73 Å². The lowest BCUT2D eigenvalue weighted by molar-refractivity contribution is 0.145. The van der Waals surface area contributed by atoms with E-state index in [1.54, 1.807) is 0 Å². The molecule has 0 aliphatic rings. The van der Waals surface area contributed by atoms with E-state index in [2.05, 4.69) is 36.4 Å². The van der Waals surface area contributed by atoms with Crippen molar-refractivity contribution in [2.75, 3.05) is 0 Å². The molecule has 0 amide bonds. The second-order valence-corrected chi connectivity index (χ2v) is 6.52. The Morgan fingerprint density at radius 2 is 1.31 bits per heavy atom. The Balaban J connectivity index is 0.00000196. The van der Waals surface area contributed by atoms with Gasteiger partial charge in [-0.05, 0) is 38.7 Å². The molecule has 0 spiro atoms. The van der Waals surface area contributed by atoms with E-state index in [1.165, 1.54) is 10.8 Å². The molecule has 26 heavy (non-hydrogen) atoms. The van der Waals surface area contributed by atoms with Crippen LogP contribution in [0.25, 0.3) is 21.5 Å². The van der Waals surface area contributed by atoms with Crippen molar-refractivity contribution in [1.82, 2.24) is 0 Å². The molecule has 4 aromatic rings. The molecule has 4 aromatic carbocycles. The molecule has 0 aliphatic carbocycles. The van der Waals surface area contributed by atoms with Gasteiger partial charge in [0, 0.05) is 6.42 Å². The van der Waals surface area contributed by atoms with E-state index in [9.17, 15) is 5.11 Å². The SMILES string of the molecule is Cl.N[C@H](c1cc2ccccc2c2ccccc12)[C@@H](O)Cc1ccccc1. The Bertz CT molecular complexity index is 1020. The summed E-state index contributed by atoms with van der Waals surface area (Å²) in [5, 5.41) is 15.4. The molecule has 4 rings (SSSR count). The molecule has 0 unspecified atom stereocenters. The Kier molecular flexibility index (Phi) is 5.58. The lowest BCUT2D eigenvalue weighted by Crippen LogP contribution is -2.28. The minimum atomic E-state index is -0.632. The molecule has 0 saturated heterocycles. The van der Waals surface area contributed by atoms with Gasteiger partial charge in [-0.3, -0.25) is 0 Å². The number of aliphatic hydroxyl groups is 1. The molecule has 2 atom stereocenters. The Hall–Kier alpha value is -2.39. The second-order valence-electron chi connectivity index (χ2n) is 6.52. The summed E-state index contributed by atoms with van der Waals surface area (Å²) in [6, 6.07) is 28.3. The van der Waals surface area contributed by atoms with Crippen LogP contribution in [0.15, 0.2) is 84.9 Å². The summed E-state index contributed by atoms with van der Waals surface area (Å²) in [6.45, 7) is 0.